The van der Waals surface area contributed by atoms with E-state index in [4.69, 9.17) is 0 Å². The van der Waals surface area contributed by atoms with Crippen LogP contribution in [0.2, 0.25) is 0 Å². The van der Waals surface area contributed by atoms with Gasteiger partial charge in [-0.1, -0.05) is 38.7 Å². The molecule has 0 aromatic rings. The molecule has 16 heavy (non-hydrogen) atoms. The molecule has 2 aliphatic rings. The van der Waals surface area contributed by atoms with Gasteiger partial charge in [-0.25, -0.2) is 0 Å². The Morgan fingerprint density at radius 1 is 1.06 bits per heavy atom. The van der Waals surface area contributed by atoms with Crippen LogP contribution in [0.25, 0.3) is 0 Å². The fourth-order valence-corrected chi connectivity index (χ4v) is 3.37. The van der Waals surface area contributed by atoms with Gasteiger partial charge in [-0.05, 0) is 49.5 Å². The van der Waals surface area contributed by atoms with E-state index in [0.717, 1.165) is 6.42 Å². The molecule has 0 saturated heterocycles. The van der Waals surface area contributed by atoms with Crippen LogP contribution < -0.4 is 0 Å². The van der Waals surface area contributed by atoms with Crippen LogP contribution in [-0.4, -0.2) is 11.2 Å². The molecular weight excluding hydrogens is 196 g/mol. The van der Waals surface area contributed by atoms with Gasteiger partial charge < -0.3 is 5.11 Å². The molecule has 0 aromatic carbocycles. The first-order valence-electron chi connectivity index (χ1n) is 7.09. The first-order chi connectivity index (χ1) is 7.72. The van der Waals surface area contributed by atoms with Crippen molar-refractivity contribution in [3.8, 4) is 0 Å². The largest absolute Gasteiger partial charge is 0.388 e. The summed E-state index contributed by atoms with van der Waals surface area (Å²) in [7, 11) is 0. The third-order valence-corrected chi connectivity index (χ3v) is 4.58. The van der Waals surface area contributed by atoms with Crippen LogP contribution in [0.1, 0.15) is 71.1 Å². The van der Waals surface area contributed by atoms with E-state index in [-0.39, 0.29) is 11.5 Å². The molecule has 0 heterocycles. The molecule has 0 radical (unpaired) electrons. The maximum Gasteiger partial charge on any atom is 0.0803 e. The second-order valence-electron chi connectivity index (χ2n) is 6.00. The quantitative estimate of drug-likeness (QED) is 0.694. The van der Waals surface area contributed by atoms with Gasteiger partial charge in [0.15, 0.2) is 0 Å². The number of allylic oxidation sites excluding steroid dienone is 1. The lowest BCUT2D eigenvalue weighted by atomic mass is 9.77. The van der Waals surface area contributed by atoms with Crippen molar-refractivity contribution in [1.82, 2.24) is 0 Å². The van der Waals surface area contributed by atoms with Crippen molar-refractivity contribution in [2.45, 2.75) is 77.2 Å². The smallest absolute Gasteiger partial charge is 0.0803 e. The topological polar surface area (TPSA) is 20.2 Å². The van der Waals surface area contributed by atoms with Gasteiger partial charge in [-0.15, -0.1) is 0 Å². The van der Waals surface area contributed by atoms with Gasteiger partial charge in [0.05, 0.1) is 6.10 Å². The van der Waals surface area contributed by atoms with E-state index in [2.05, 4.69) is 13.0 Å². The third-order valence-electron chi connectivity index (χ3n) is 4.58. The van der Waals surface area contributed by atoms with Gasteiger partial charge in [0.2, 0.25) is 0 Å². The molecule has 92 valence electrons. The maximum atomic E-state index is 10.6. The van der Waals surface area contributed by atoms with E-state index in [9.17, 15) is 5.11 Å². The summed E-state index contributed by atoms with van der Waals surface area (Å²) in [6.45, 7) is 2.28. The zero-order valence-corrected chi connectivity index (χ0v) is 10.7. The lowest BCUT2D eigenvalue weighted by Gasteiger charge is -2.32. The van der Waals surface area contributed by atoms with Crippen molar-refractivity contribution in [3.05, 3.63) is 11.6 Å². The van der Waals surface area contributed by atoms with Crippen molar-refractivity contribution in [2.75, 3.05) is 0 Å². The Morgan fingerprint density at radius 3 is 2.50 bits per heavy atom. The molecule has 2 rings (SSSR count). The van der Waals surface area contributed by atoms with Crippen molar-refractivity contribution in [3.63, 3.8) is 0 Å². The molecular formula is C15H26O. The molecule has 0 amide bonds. The van der Waals surface area contributed by atoms with Gasteiger partial charge in [-0.2, -0.15) is 0 Å². The Balaban J connectivity index is 2.03. The number of hydrogen-bond acceptors (Lipinski definition) is 1. The molecule has 0 spiro atoms. The fraction of sp³-hybridized carbons (Fsp3) is 0.867. The summed E-state index contributed by atoms with van der Waals surface area (Å²) in [6, 6.07) is 0. The maximum absolute atomic E-state index is 10.6. The Labute approximate surface area is 99.9 Å². The predicted octanol–water partition coefficient (Wildman–Crippen LogP) is 4.21. The minimum atomic E-state index is -0.159. The van der Waals surface area contributed by atoms with Gasteiger partial charge in [0, 0.05) is 0 Å². The standard InChI is InChI=1S/C15H26O/c1-15(11-7-8-12-15)14(16)13-9-5-3-2-4-6-10-13/h9,14,16H,2-8,10-12H2,1H3. The van der Waals surface area contributed by atoms with E-state index < -0.39 is 0 Å². The second-order valence-corrected chi connectivity index (χ2v) is 6.00. The monoisotopic (exact) mass is 222 g/mol. The summed E-state index contributed by atoms with van der Waals surface area (Å²) in [5.41, 5.74) is 1.54. The molecule has 1 saturated carbocycles. The highest BCUT2D eigenvalue weighted by atomic mass is 16.3. The summed E-state index contributed by atoms with van der Waals surface area (Å²) < 4.78 is 0. The molecule has 0 aliphatic heterocycles. The second kappa shape index (κ2) is 5.35. The summed E-state index contributed by atoms with van der Waals surface area (Å²) >= 11 is 0. The molecule has 1 atom stereocenters. The zero-order valence-electron chi connectivity index (χ0n) is 10.7. The summed E-state index contributed by atoms with van der Waals surface area (Å²) in [5, 5.41) is 10.6. The molecule has 2 aliphatic carbocycles. The third kappa shape index (κ3) is 2.68. The van der Waals surface area contributed by atoms with E-state index in [0.29, 0.717) is 0 Å². The van der Waals surface area contributed by atoms with E-state index in [1.54, 1.807) is 0 Å². The van der Waals surface area contributed by atoms with Crippen molar-refractivity contribution in [2.24, 2.45) is 5.41 Å². The molecule has 1 fully saturated rings. The number of aliphatic hydroxyl groups is 1. The normalized spacial score (nSPS) is 28.0. The molecule has 1 unspecified atom stereocenters. The number of rotatable bonds is 2. The highest BCUT2D eigenvalue weighted by Crippen LogP contribution is 2.43. The number of aliphatic hydroxyl groups excluding tert-OH is 1. The minimum Gasteiger partial charge on any atom is -0.388 e. The summed E-state index contributed by atoms with van der Waals surface area (Å²) in [4.78, 5) is 0. The highest BCUT2D eigenvalue weighted by molar-refractivity contribution is 5.14. The summed E-state index contributed by atoms with van der Waals surface area (Å²) in [6.07, 6.45) is 14.8. The highest BCUT2D eigenvalue weighted by Gasteiger charge is 2.37. The molecule has 1 nitrogen and oxygen atoms in total. The predicted molar refractivity (Wildman–Crippen MR) is 68.4 cm³/mol. The Bertz CT molecular complexity index is 248. The van der Waals surface area contributed by atoms with Gasteiger partial charge in [0.25, 0.3) is 0 Å². The van der Waals surface area contributed by atoms with Crippen LogP contribution in [0.4, 0.5) is 0 Å². The Hall–Kier alpha value is -0.300. The molecule has 1 N–H and O–H groups in total. The fourth-order valence-electron chi connectivity index (χ4n) is 3.37. The average molecular weight is 222 g/mol. The van der Waals surface area contributed by atoms with Crippen LogP contribution in [0.3, 0.4) is 0 Å². The minimum absolute atomic E-state index is 0.159. The van der Waals surface area contributed by atoms with Crippen molar-refractivity contribution in [1.29, 1.82) is 0 Å². The van der Waals surface area contributed by atoms with Crippen LogP contribution in [0.5, 0.6) is 0 Å². The van der Waals surface area contributed by atoms with Gasteiger partial charge in [-0.3, -0.25) is 0 Å². The lowest BCUT2D eigenvalue weighted by molar-refractivity contribution is 0.0681. The number of hydrogen-bond donors (Lipinski definition) is 1. The Morgan fingerprint density at radius 2 is 1.75 bits per heavy atom. The van der Waals surface area contributed by atoms with E-state index in [1.165, 1.54) is 63.4 Å². The van der Waals surface area contributed by atoms with E-state index >= 15 is 0 Å². The van der Waals surface area contributed by atoms with Crippen LogP contribution in [0, 0.1) is 5.41 Å². The first-order valence-corrected chi connectivity index (χ1v) is 7.09. The lowest BCUT2D eigenvalue weighted by Crippen LogP contribution is -2.31. The Kier molecular flexibility index (Phi) is 4.07. The first kappa shape index (κ1) is 12.2. The SMILES string of the molecule is CC1(C(O)C2=CCCCCCC2)CCCC1. The molecule has 0 aromatic heterocycles. The van der Waals surface area contributed by atoms with Crippen LogP contribution in [0.15, 0.2) is 11.6 Å². The average Bonchev–Trinajstić information content (AvgIpc) is 2.65. The van der Waals surface area contributed by atoms with Crippen molar-refractivity contribution >= 4 is 0 Å². The summed E-state index contributed by atoms with van der Waals surface area (Å²) in [5.74, 6) is 0. The van der Waals surface area contributed by atoms with Gasteiger partial charge >= 0.3 is 0 Å². The van der Waals surface area contributed by atoms with Crippen molar-refractivity contribution < 1.29 is 5.11 Å². The van der Waals surface area contributed by atoms with Crippen LogP contribution in [-0.2, 0) is 0 Å². The molecule has 1 heteroatoms. The van der Waals surface area contributed by atoms with E-state index in [1.807, 2.05) is 0 Å². The molecule has 0 bridgehead atoms. The zero-order chi connectivity index (χ0) is 11.4. The van der Waals surface area contributed by atoms with Gasteiger partial charge in [0.1, 0.15) is 0 Å². The van der Waals surface area contributed by atoms with Crippen LogP contribution >= 0.6 is 0 Å².